The van der Waals surface area contributed by atoms with Gasteiger partial charge >= 0.3 is 0 Å². The van der Waals surface area contributed by atoms with Gasteiger partial charge in [0.15, 0.2) is 0 Å². The lowest BCUT2D eigenvalue weighted by atomic mass is 10.00. The van der Waals surface area contributed by atoms with Gasteiger partial charge in [-0.1, -0.05) is 74.5 Å². The first kappa shape index (κ1) is 14.6. The van der Waals surface area contributed by atoms with Gasteiger partial charge in [0.25, 0.3) is 0 Å². The monoisotopic (exact) mass is 264 g/mol. The molecule has 0 bridgehead atoms. The molecule has 2 aromatic carbocycles. The fourth-order valence-corrected chi connectivity index (χ4v) is 2.43. The predicted octanol–water partition coefficient (Wildman–Crippen LogP) is 5.46. The normalized spacial score (nSPS) is 10.4. The summed E-state index contributed by atoms with van der Waals surface area (Å²) in [5, 5.41) is 0. The van der Waals surface area contributed by atoms with E-state index in [-0.39, 0.29) is 0 Å². The molecule has 0 aromatic heterocycles. The Bertz CT molecular complexity index is 534. The van der Waals surface area contributed by atoms with Crippen molar-refractivity contribution in [2.75, 3.05) is 0 Å². The quantitative estimate of drug-likeness (QED) is 0.623. The van der Waals surface area contributed by atoms with E-state index in [9.17, 15) is 0 Å². The number of unbranched alkanes of at least 4 members (excludes halogenated alkanes) is 1. The highest BCUT2D eigenvalue weighted by Crippen LogP contribution is 2.13. The van der Waals surface area contributed by atoms with Gasteiger partial charge in [-0.2, -0.15) is 0 Å². The van der Waals surface area contributed by atoms with Crippen molar-refractivity contribution < 1.29 is 0 Å². The van der Waals surface area contributed by atoms with Crippen molar-refractivity contribution in [1.29, 1.82) is 0 Å². The molecule has 0 amide bonds. The van der Waals surface area contributed by atoms with Crippen molar-refractivity contribution in [2.45, 2.75) is 39.0 Å². The summed E-state index contributed by atoms with van der Waals surface area (Å²) < 4.78 is 0. The standard InChI is InChI=1S/C20H24/c1-3-5-7-19-8-6-9-20(16-19)15-14-18-12-10-17(4-2)11-13-18/h4,6,8-13,16H,2-3,5,7,14-15H2,1H3. The molecule has 0 heterocycles. The Balaban J connectivity index is 1.93. The summed E-state index contributed by atoms with van der Waals surface area (Å²) in [5.41, 5.74) is 5.52. The molecule has 0 nitrogen and oxygen atoms in total. The summed E-state index contributed by atoms with van der Waals surface area (Å²) in [7, 11) is 0. The maximum absolute atomic E-state index is 3.79. The summed E-state index contributed by atoms with van der Waals surface area (Å²) in [6, 6.07) is 17.7. The van der Waals surface area contributed by atoms with Gasteiger partial charge in [-0.15, -0.1) is 0 Å². The van der Waals surface area contributed by atoms with Crippen LogP contribution in [0.5, 0.6) is 0 Å². The summed E-state index contributed by atoms with van der Waals surface area (Å²) in [6.45, 7) is 6.04. The Morgan fingerprint density at radius 3 is 2.15 bits per heavy atom. The van der Waals surface area contributed by atoms with E-state index in [1.807, 2.05) is 6.08 Å². The van der Waals surface area contributed by atoms with Gasteiger partial charge in [-0.25, -0.2) is 0 Å². The van der Waals surface area contributed by atoms with Crippen LogP contribution in [0.3, 0.4) is 0 Å². The Hall–Kier alpha value is -1.82. The van der Waals surface area contributed by atoms with E-state index in [0.717, 1.165) is 12.8 Å². The van der Waals surface area contributed by atoms with Crippen LogP contribution in [0.25, 0.3) is 6.08 Å². The number of rotatable bonds is 7. The van der Waals surface area contributed by atoms with Crippen molar-refractivity contribution >= 4 is 6.08 Å². The molecular weight excluding hydrogens is 240 g/mol. The molecule has 0 saturated carbocycles. The summed E-state index contributed by atoms with van der Waals surface area (Å²) >= 11 is 0. The first-order valence-corrected chi connectivity index (χ1v) is 7.61. The van der Waals surface area contributed by atoms with E-state index < -0.39 is 0 Å². The minimum absolute atomic E-state index is 1.11. The van der Waals surface area contributed by atoms with Crippen LogP contribution in [0, 0.1) is 0 Å². The van der Waals surface area contributed by atoms with Crippen LogP contribution in [-0.2, 0) is 19.3 Å². The summed E-state index contributed by atoms with van der Waals surface area (Å²) in [6.07, 6.45) is 7.87. The smallest absolute Gasteiger partial charge is 0.0238 e. The van der Waals surface area contributed by atoms with Crippen LogP contribution in [0.4, 0.5) is 0 Å². The SMILES string of the molecule is C=Cc1ccc(CCc2cccc(CCCC)c2)cc1. The average molecular weight is 264 g/mol. The van der Waals surface area contributed by atoms with Crippen molar-refractivity contribution in [3.05, 3.63) is 77.4 Å². The second-order valence-electron chi connectivity index (χ2n) is 5.37. The van der Waals surface area contributed by atoms with Crippen molar-refractivity contribution in [3.8, 4) is 0 Å². The molecule has 0 aliphatic heterocycles. The van der Waals surface area contributed by atoms with Crippen LogP contribution in [0.15, 0.2) is 55.1 Å². The van der Waals surface area contributed by atoms with E-state index >= 15 is 0 Å². The Morgan fingerprint density at radius 2 is 1.50 bits per heavy atom. The second-order valence-corrected chi connectivity index (χ2v) is 5.37. The molecule has 0 spiro atoms. The minimum atomic E-state index is 1.11. The highest BCUT2D eigenvalue weighted by atomic mass is 14.0. The minimum Gasteiger partial charge on any atom is -0.0985 e. The average Bonchev–Trinajstić information content (AvgIpc) is 2.52. The third kappa shape index (κ3) is 4.38. The van der Waals surface area contributed by atoms with Gasteiger partial charge in [0.1, 0.15) is 0 Å². The van der Waals surface area contributed by atoms with Gasteiger partial charge in [0, 0.05) is 0 Å². The molecule has 0 aliphatic carbocycles. The second kappa shape index (κ2) is 7.69. The molecule has 0 radical (unpaired) electrons. The highest BCUT2D eigenvalue weighted by Gasteiger charge is 1.98. The molecule has 2 rings (SSSR count). The molecule has 0 unspecified atom stereocenters. The predicted molar refractivity (Wildman–Crippen MR) is 89.0 cm³/mol. The number of benzene rings is 2. The van der Waals surface area contributed by atoms with E-state index in [0.29, 0.717) is 0 Å². The molecule has 0 heteroatoms. The zero-order chi connectivity index (χ0) is 14.2. The molecular formula is C20H24. The van der Waals surface area contributed by atoms with Gasteiger partial charge in [0.05, 0.1) is 0 Å². The third-order valence-electron chi connectivity index (χ3n) is 3.73. The first-order chi connectivity index (χ1) is 9.81. The first-order valence-electron chi connectivity index (χ1n) is 7.61. The van der Waals surface area contributed by atoms with Crippen LogP contribution >= 0.6 is 0 Å². The van der Waals surface area contributed by atoms with Crippen LogP contribution in [0.1, 0.15) is 42.0 Å². The lowest BCUT2D eigenvalue weighted by molar-refractivity contribution is 0.793. The third-order valence-corrected chi connectivity index (χ3v) is 3.73. The van der Waals surface area contributed by atoms with Crippen LogP contribution in [0.2, 0.25) is 0 Å². The van der Waals surface area contributed by atoms with Crippen molar-refractivity contribution in [2.24, 2.45) is 0 Å². The van der Waals surface area contributed by atoms with E-state index in [2.05, 4.69) is 62.0 Å². The summed E-state index contributed by atoms with van der Waals surface area (Å²) in [4.78, 5) is 0. The van der Waals surface area contributed by atoms with Crippen molar-refractivity contribution in [1.82, 2.24) is 0 Å². The fourth-order valence-electron chi connectivity index (χ4n) is 2.43. The maximum atomic E-state index is 3.79. The molecule has 104 valence electrons. The Kier molecular flexibility index (Phi) is 5.61. The van der Waals surface area contributed by atoms with E-state index in [4.69, 9.17) is 0 Å². The van der Waals surface area contributed by atoms with Gasteiger partial charge in [-0.05, 0) is 47.9 Å². The molecule has 0 saturated heterocycles. The number of hydrogen-bond acceptors (Lipinski definition) is 0. The van der Waals surface area contributed by atoms with Crippen molar-refractivity contribution in [3.63, 3.8) is 0 Å². The Labute approximate surface area is 123 Å². The summed E-state index contributed by atoms with van der Waals surface area (Å²) in [5.74, 6) is 0. The van der Waals surface area contributed by atoms with E-state index in [1.54, 1.807) is 0 Å². The highest BCUT2D eigenvalue weighted by molar-refractivity contribution is 5.47. The number of aryl methyl sites for hydroxylation is 3. The van der Waals surface area contributed by atoms with Crippen LogP contribution in [-0.4, -0.2) is 0 Å². The zero-order valence-corrected chi connectivity index (χ0v) is 12.4. The molecule has 0 fully saturated rings. The molecule has 0 aliphatic rings. The molecule has 0 atom stereocenters. The van der Waals surface area contributed by atoms with Gasteiger partial charge in [-0.3, -0.25) is 0 Å². The van der Waals surface area contributed by atoms with Gasteiger partial charge < -0.3 is 0 Å². The lowest BCUT2D eigenvalue weighted by Crippen LogP contribution is -1.93. The maximum Gasteiger partial charge on any atom is -0.0238 e. The lowest BCUT2D eigenvalue weighted by Gasteiger charge is -2.06. The van der Waals surface area contributed by atoms with E-state index in [1.165, 1.54) is 41.5 Å². The topological polar surface area (TPSA) is 0 Å². The number of hydrogen-bond donors (Lipinski definition) is 0. The molecule has 2 aromatic rings. The van der Waals surface area contributed by atoms with Crippen LogP contribution < -0.4 is 0 Å². The molecule has 20 heavy (non-hydrogen) atoms. The zero-order valence-electron chi connectivity index (χ0n) is 12.4. The fraction of sp³-hybridized carbons (Fsp3) is 0.300. The Morgan fingerprint density at radius 1 is 0.850 bits per heavy atom. The van der Waals surface area contributed by atoms with Gasteiger partial charge in [0.2, 0.25) is 0 Å². The largest absolute Gasteiger partial charge is 0.0985 e. The molecule has 0 N–H and O–H groups in total.